The molecule has 1 unspecified atom stereocenters. The Hall–Kier alpha value is -1.52. The van der Waals surface area contributed by atoms with Crippen LogP contribution >= 0.6 is 11.3 Å². The van der Waals surface area contributed by atoms with Crippen molar-refractivity contribution in [3.05, 3.63) is 32.3 Å². The molecule has 0 bridgehead atoms. The summed E-state index contributed by atoms with van der Waals surface area (Å²) < 4.78 is 4.64. The second-order valence-corrected chi connectivity index (χ2v) is 6.98. The van der Waals surface area contributed by atoms with E-state index >= 15 is 0 Å². The first kappa shape index (κ1) is 18.5. The third-order valence-electron chi connectivity index (χ3n) is 3.49. The second kappa shape index (κ2) is 10.2. The number of methoxy groups -OCH3 is 1. The summed E-state index contributed by atoms with van der Waals surface area (Å²) in [5.74, 6) is 0.501. The van der Waals surface area contributed by atoms with E-state index in [1.54, 1.807) is 11.3 Å². The highest BCUT2D eigenvalue weighted by atomic mass is 32.1. The number of hydrogen-bond acceptors (Lipinski definition) is 4. The molecular weight excluding hydrogens is 298 g/mol. The van der Waals surface area contributed by atoms with Crippen molar-refractivity contribution >= 4 is 17.3 Å². The number of carbonyl (C=O) groups is 1. The third-order valence-corrected chi connectivity index (χ3v) is 4.74. The number of hydrogen-bond donors (Lipinski definition) is 0. The highest BCUT2D eigenvalue weighted by Crippen LogP contribution is 2.31. The van der Waals surface area contributed by atoms with Crippen molar-refractivity contribution < 1.29 is 9.53 Å². The van der Waals surface area contributed by atoms with Crippen LogP contribution in [0.4, 0.5) is 0 Å². The SMILES string of the molecule is COC(=O)CCCc1ccc(C(CCCC(C)C)N=[N+]=[N-])s1. The Morgan fingerprint density at radius 1 is 1.36 bits per heavy atom. The second-order valence-electron chi connectivity index (χ2n) is 5.78. The average Bonchev–Trinajstić information content (AvgIpc) is 2.94. The minimum Gasteiger partial charge on any atom is -0.469 e. The van der Waals surface area contributed by atoms with E-state index in [-0.39, 0.29) is 12.0 Å². The van der Waals surface area contributed by atoms with E-state index in [4.69, 9.17) is 5.53 Å². The van der Waals surface area contributed by atoms with Crippen molar-refractivity contribution in [2.24, 2.45) is 11.0 Å². The number of nitrogens with zero attached hydrogens (tertiary/aromatic N) is 3. The summed E-state index contributed by atoms with van der Waals surface area (Å²) in [6, 6.07) is 4.05. The molecule has 5 nitrogen and oxygen atoms in total. The Balaban J connectivity index is 2.53. The zero-order chi connectivity index (χ0) is 16.4. The van der Waals surface area contributed by atoms with Gasteiger partial charge in [-0.15, -0.1) is 11.3 Å². The van der Waals surface area contributed by atoms with Crippen molar-refractivity contribution in [1.82, 2.24) is 0 Å². The lowest BCUT2D eigenvalue weighted by atomic mass is 10.0. The summed E-state index contributed by atoms with van der Waals surface area (Å²) in [6.45, 7) is 4.40. The maximum atomic E-state index is 11.1. The predicted molar refractivity (Wildman–Crippen MR) is 89.8 cm³/mol. The van der Waals surface area contributed by atoms with E-state index in [9.17, 15) is 4.79 Å². The minimum atomic E-state index is -0.169. The number of esters is 1. The van der Waals surface area contributed by atoms with Gasteiger partial charge in [-0.3, -0.25) is 4.79 Å². The van der Waals surface area contributed by atoms with E-state index in [1.807, 2.05) is 6.07 Å². The Bertz CT molecular complexity index is 507. The Labute approximate surface area is 136 Å². The maximum Gasteiger partial charge on any atom is 0.305 e. The Kier molecular flexibility index (Phi) is 8.63. The molecule has 1 heterocycles. The average molecular weight is 323 g/mol. The lowest BCUT2D eigenvalue weighted by molar-refractivity contribution is -0.140. The first-order valence-electron chi connectivity index (χ1n) is 7.76. The lowest BCUT2D eigenvalue weighted by Gasteiger charge is -2.10. The smallest absolute Gasteiger partial charge is 0.305 e. The zero-order valence-corrected chi connectivity index (χ0v) is 14.4. The van der Waals surface area contributed by atoms with Crippen LogP contribution in [0.1, 0.15) is 61.7 Å². The van der Waals surface area contributed by atoms with Crippen LogP contribution in [0.3, 0.4) is 0 Å². The molecule has 0 N–H and O–H groups in total. The zero-order valence-electron chi connectivity index (χ0n) is 13.6. The van der Waals surface area contributed by atoms with Crippen molar-refractivity contribution in [1.29, 1.82) is 0 Å². The highest BCUT2D eigenvalue weighted by molar-refractivity contribution is 7.12. The lowest BCUT2D eigenvalue weighted by Crippen LogP contribution is -1.99. The molecular formula is C16H25N3O2S. The number of aryl methyl sites for hydroxylation is 1. The maximum absolute atomic E-state index is 11.1. The van der Waals surface area contributed by atoms with Gasteiger partial charge in [0.1, 0.15) is 0 Å². The fraction of sp³-hybridized carbons (Fsp3) is 0.688. The highest BCUT2D eigenvalue weighted by Gasteiger charge is 2.13. The number of azide groups is 1. The largest absolute Gasteiger partial charge is 0.469 e. The molecule has 0 aliphatic rings. The molecule has 0 amide bonds. The monoisotopic (exact) mass is 323 g/mol. The number of carbonyl (C=O) groups excluding carboxylic acids is 1. The number of thiophene rings is 1. The van der Waals surface area contributed by atoms with Gasteiger partial charge in [0.2, 0.25) is 0 Å². The number of rotatable bonds is 10. The van der Waals surface area contributed by atoms with Gasteiger partial charge in [0.25, 0.3) is 0 Å². The van der Waals surface area contributed by atoms with Crippen molar-refractivity contribution in [2.75, 3.05) is 7.11 Å². The van der Waals surface area contributed by atoms with Crippen molar-refractivity contribution in [3.63, 3.8) is 0 Å². The van der Waals surface area contributed by atoms with Crippen molar-refractivity contribution in [2.45, 2.75) is 58.4 Å². The first-order valence-corrected chi connectivity index (χ1v) is 8.58. The summed E-state index contributed by atoms with van der Waals surface area (Å²) in [5, 5.41) is 3.94. The van der Waals surface area contributed by atoms with E-state index in [0.717, 1.165) is 37.0 Å². The van der Waals surface area contributed by atoms with Gasteiger partial charge in [0.15, 0.2) is 0 Å². The van der Waals surface area contributed by atoms with Gasteiger partial charge >= 0.3 is 5.97 Å². The van der Waals surface area contributed by atoms with Gasteiger partial charge in [0.05, 0.1) is 13.2 Å². The molecule has 122 valence electrons. The van der Waals surface area contributed by atoms with Crippen LogP contribution in [-0.2, 0) is 16.0 Å². The molecule has 6 heteroatoms. The van der Waals surface area contributed by atoms with Crippen LogP contribution in [0, 0.1) is 5.92 Å². The molecule has 1 atom stereocenters. The van der Waals surface area contributed by atoms with Crippen LogP contribution in [0.5, 0.6) is 0 Å². The van der Waals surface area contributed by atoms with Gasteiger partial charge in [0, 0.05) is 21.1 Å². The molecule has 0 fully saturated rings. The number of ether oxygens (including phenoxy) is 1. The van der Waals surface area contributed by atoms with Crippen LogP contribution in [0.15, 0.2) is 17.2 Å². The van der Waals surface area contributed by atoms with Gasteiger partial charge in [-0.2, -0.15) is 0 Å². The van der Waals surface area contributed by atoms with Gasteiger partial charge in [-0.1, -0.05) is 31.8 Å². The third kappa shape index (κ3) is 6.96. The molecule has 0 spiro atoms. The van der Waals surface area contributed by atoms with E-state index < -0.39 is 0 Å². The van der Waals surface area contributed by atoms with Gasteiger partial charge < -0.3 is 4.74 Å². The van der Waals surface area contributed by atoms with Crippen LogP contribution in [0.25, 0.3) is 10.4 Å². The van der Waals surface area contributed by atoms with Crippen LogP contribution in [-0.4, -0.2) is 13.1 Å². The molecule has 1 aromatic heterocycles. The van der Waals surface area contributed by atoms with Gasteiger partial charge in [-0.25, -0.2) is 0 Å². The molecule has 0 aliphatic carbocycles. The topological polar surface area (TPSA) is 75.1 Å². The standard InChI is InChI=1S/C16H25N3O2S/c1-12(2)6-4-8-14(18-19-17)15-11-10-13(22-15)7-5-9-16(20)21-3/h10-12,14H,4-9H2,1-3H3. The molecule has 1 rings (SSSR count). The molecule has 0 aliphatic heterocycles. The van der Waals surface area contributed by atoms with E-state index in [1.165, 1.54) is 12.0 Å². The summed E-state index contributed by atoms with van der Waals surface area (Å²) >= 11 is 1.68. The quantitative estimate of drug-likeness (QED) is 0.249. The molecule has 0 aromatic carbocycles. The normalized spacial score (nSPS) is 12.0. The summed E-state index contributed by atoms with van der Waals surface area (Å²) in [5.41, 5.74) is 8.75. The van der Waals surface area contributed by atoms with Crippen LogP contribution in [0.2, 0.25) is 0 Å². The first-order chi connectivity index (χ1) is 10.6. The minimum absolute atomic E-state index is 0.0666. The van der Waals surface area contributed by atoms with Gasteiger partial charge in [-0.05, 0) is 42.8 Å². The Morgan fingerprint density at radius 2 is 2.14 bits per heavy atom. The summed E-state index contributed by atoms with van der Waals surface area (Å²) in [6.07, 6.45) is 5.19. The predicted octanol–water partition coefficient (Wildman–Crippen LogP) is 5.42. The molecule has 0 radical (unpaired) electrons. The molecule has 0 saturated heterocycles. The summed E-state index contributed by atoms with van der Waals surface area (Å²) in [7, 11) is 1.41. The van der Waals surface area contributed by atoms with E-state index in [0.29, 0.717) is 12.3 Å². The van der Waals surface area contributed by atoms with Crippen LogP contribution < -0.4 is 0 Å². The fourth-order valence-electron chi connectivity index (χ4n) is 2.26. The summed E-state index contributed by atoms with van der Waals surface area (Å²) in [4.78, 5) is 16.4. The fourth-order valence-corrected chi connectivity index (χ4v) is 3.38. The molecule has 0 saturated carbocycles. The van der Waals surface area contributed by atoms with Crippen molar-refractivity contribution in [3.8, 4) is 0 Å². The Morgan fingerprint density at radius 3 is 2.77 bits per heavy atom. The molecule has 22 heavy (non-hydrogen) atoms. The molecule has 1 aromatic rings. The van der Waals surface area contributed by atoms with E-state index in [2.05, 4.69) is 34.7 Å².